The molecule has 5 heteroatoms. The number of aryl methyl sites for hydroxylation is 2. The predicted molar refractivity (Wildman–Crippen MR) is 105 cm³/mol. The Labute approximate surface area is 158 Å². The van der Waals surface area contributed by atoms with E-state index in [9.17, 15) is 4.79 Å². The van der Waals surface area contributed by atoms with Gasteiger partial charge in [0.2, 0.25) is 5.91 Å². The number of benzene rings is 2. The zero-order chi connectivity index (χ0) is 18.4. The van der Waals surface area contributed by atoms with Crippen LogP contribution in [-0.4, -0.2) is 22.6 Å². The van der Waals surface area contributed by atoms with Crippen LogP contribution < -0.4 is 5.32 Å². The fraction of sp³-hybridized carbons (Fsp3) is 0.286. The van der Waals surface area contributed by atoms with E-state index in [0.29, 0.717) is 13.0 Å². The van der Waals surface area contributed by atoms with Gasteiger partial charge in [-0.05, 0) is 30.5 Å². The summed E-state index contributed by atoms with van der Waals surface area (Å²) in [4.78, 5) is 12.6. The summed E-state index contributed by atoms with van der Waals surface area (Å²) in [6.45, 7) is 4.62. The first kappa shape index (κ1) is 18.3. The van der Waals surface area contributed by atoms with Crippen molar-refractivity contribution in [1.29, 1.82) is 0 Å². The maximum Gasteiger partial charge on any atom is 0.220 e. The highest BCUT2D eigenvalue weighted by Crippen LogP contribution is 2.30. The van der Waals surface area contributed by atoms with E-state index in [1.807, 2.05) is 37.3 Å². The number of nitrogens with one attached hydrogen (secondary N) is 1. The van der Waals surface area contributed by atoms with Crippen molar-refractivity contribution in [3.05, 3.63) is 81.3 Å². The summed E-state index contributed by atoms with van der Waals surface area (Å²) in [6.07, 6.45) is 1.15. The van der Waals surface area contributed by atoms with E-state index in [0.717, 1.165) is 22.0 Å². The van der Waals surface area contributed by atoms with Crippen LogP contribution in [0.5, 0.6) is 0 Å². The van der Waals surface area contributed by atoms with Gasteiger partial charge in [0, 0.05) is 25.3 Å². The third kappa shape index (κ3) is 4.76. The zero-order valence-electron chi connectivity index (χ0n) is 15.1. The third-order valence-electron chi connectivity index (χ3n) is 4.38. The Kier molecular flexibility index (Phi) is 6.12. The minimum absolute atomic E-state index is 0.0566. The fourth-order valence-electron chi connectivity index (χ4n) is 3.08. The lowest BCUT2D eigenvalue weighted by atomic mass is 9.86. The number of carbonyl (C=O) groups is 1. The van der Waals surface area contributed by atoms with Gasteiger partial charge in [0.15, 0.2) is 0 Å². The maximum atomic E-state index is 12.6. The molecule has 0 unspecified atom stereocenters. The van der Waals surface area contributed by atoms with E-state index in [1.165, 1.54) is 11.1 Å². The number of amides is 1. The average Bonchev–Trinajstić information content (AvgIpc) is 3.06. The Balaban J connectivity index is 1.67. The van der Waals surface area contributed by atoms with Gasteiger partial charge in [0.25, 0.3) is 0 Å². The molecule has 3 aromatic rings. The van der Waals surface area contributed by atoms with Crippen molar-refractivity contribution in [3.63, 3.8) is 0 Å². The number of carbonyl (C=O) groups excluding carboxylic acids is 1. The summed E-state index contributed by atoms with van der Waals surface area (Å²) in [5.74, 6) is 0.115. The Bertz CT molecular complexity index is 860. The molecule has 0 radical (unpaired) electrons. The van der Waals surface area contributed by atoms with Crippen molar-refractivity contribution in [2.45, 2.75) is 32.6 Å². The molecule has 0 fully saturated rings. The van der Waals surface area contributed by atoms with Crippen molar-refractivity contribution < 1.29 is 4.79 Å². The number of hydrogen-bond donors (Lipinski definition) is 1. The molecular weight excluding hydrogens is 342 g/mol. The zero-order valence-corrected chi connectivity index (χ0v) is 15.9. The molecule has 3 rings (SSSR count). The molecule has 0 saturated heterocycles. The molecule has 2 aromatic carbocycles. The Morgan fingerprint density at radius 2 is 1.77 bits per heavy atom. The molecule has 26 heavy (non-hydrogen) atoms. The van der Waals surface area contributed by atoms with E-state index < -0.39 is 0 Å². The van der Waals surface area contributed by atoms with Crippen LogP contribution in [0.3, 0.4) is 0 Å². The molecule has 0 aliphatic heterocycles. The minimum atomic E-state index is 0.0566. The Morgan fingerprint density at radius 3 is 2.46 bits per heavy atom. The van der Waals surface area contributed by atoms with Gasteiger partial charge in [-0.25, -0.2) is 0 Å². The van der Waals surface area contributed by atoms with Crippen LogP contribution in [0.4, 0.5) is 0 Å². The van der Waals surface area contributed by atoms with Crippen LogP contribution in [0.1, 0.15) is 39.0 Å². The van der Waals surface area contributed by atoms with Gasteiger partial charge in [-0.2, -0.15) is 0 Å². The summed E-state index contributed by atoms with van der Waals surface area (Å²) in [7, 11) is 0. The lowest BCUT2D eigenvalue weighted by Gasteiger charge is -2.20. The second-order valence-corrected chi connectivity index (χ2v) is 7.60. The maximum absolute atomic E-state index is 12.6. The lowest BCUT2D eigenvalue weighted by Crippen LogP contribution is -2.27. The smallest absolute Gasteiger partial charge is 0.220 e. The number of aromatic nitrogens is 2. The van der Waals surface area contributed by atoms with Crippen LogP contribution in [-0.2, 0) is 11.2 Å². The SMILES string of the molecule is Cc1nnc(CCNC(=O)C[C@@H](c2ccccc2)c2ccccc2C)s1. The first-order valence-corrected chi connectivity index (χ1v) is 9.61. The van der Waals surface area contributed by atoms with Crippen LogP contribution >= 0.6 is 11.3 Å². The third-order valence-corrected chi connectivity index (χ3v) is 5.28. The molecule has 1 amide bonds. The summed E-state index contributed by atoms with van der Waals surface area (Å²) >= 11 is 1.58. The molecule has 0 bridgehead atoms. The molecule has 134 valence electrons. The van der Waals surface area contributed by atoms with Crippen molar-refractivity contribution in [3.8, 4) is 0 Å². The standard InChI is InChI=1S/C21H23N3OS/c1-15-8-6-7-11-18(15)19(17-9-4-3-5-10-17)14-20(25)22-13-12-21-24-23-16(2)26-21/h3-11,19H,12-14H2,1-2H3,(H,22,25)/t19-/m0/s1. The van der Waals surface area contributed by atoms with Gasteiger partial charge in [0.05, 0.1) is 0 Å². The van der Waals surface area contributed by atoms with E-state index in [-0.39, 0.29) is 11.8 Å². The summed E-state index contributed by atoms with van der Waals surface area (Å²) < 4.78 is 0. The molecular formula is C21H23N3OS. The topological polar surface area (TPSA) is 54.9 Å². The van der Waals surface area contributed by atoms with Gasteiger partial charge < -0.3 is 5.32 Å². The Morgan fingerprint density at radius 1 is 1.04 bits per heavy atom. The molecule has 0 aliphatic rings. The molecule has 1 N–H and O–H groups in total. The van der Waals surface area contributed by atoms with Crippen molar-refractivity contribution >= 4 is 17.2 Å². The van der Waals surface area contributed by atoms with Gasteiger partial charge in [-0.3, -0.25) is 4.79 Å². The van der Waals surface area contributed by atoms with Crippen LogP contribution in [0.15, 0.2) is 54.6 Å². The second-order valence-electron chi connectivity index (χ2n) is 6.34. The highest BCUT2D eigenvalue weighted by Gasteiger charge is 2.19. The normalized spacial score (nSPS) is 11.9. The molecule has 0 spiro atoms. The first-order chi connectivity index (χ1) is 12.6. The van der Waals surface area contributed by atoms with Gasteiger partial charge in [0.1, 0.15) is 10.0 Å². The molecule has 1 aromatic heterocycles. The summed E-state index contributed by atoms with van der Waals surface area (Å²) in [6, 6.07) is 18.5. The molecule has 4 nitrogen and oxygen atoms in total. The molecule has 0 aliphatic carbocycles. The Hall–Kier alpha value is -2.53. The first-order valence-electron chi connectivity index (χ1n) is 8.79. The van der Waals surface area contributed by atoms with Crippen molar-refractivity contribution in [2.75, 3.05) is 6.54 Å². The predicted octanol–water partition coefficient (Wildman–Crippen LogP) is 4.04. The van der Waals surface area contributed by atoms with Crippen LogP contribution in [0, 0.1) is 13.8 Å². The molecule has 1 heterocycles. The number of nitrogens with zero attached hydrogens (tertiary/aromatic N) is 2. The summed E-state index contributed by atoms with van der Waals surface area (Å²) in [5, 5.41) is 13.0. The van der Waals surface area contributed by atoms with E-state index in [2.05, 4.69) is 46.7 Å². The summed E-state index contributed by atoms with van der Waals surface area (Å²) in [5.41, 5.74) is 3.57. The number of rotatable bonds is 7. The minimum Gasteiger partial charge on any atom is -0.356 e. The van der Waals surface area contributed by atoms with E-state index in [1.54, 1.807) is 11.3 Å². The average molecular weight is 366 g/mol. The molecule has 0 saturated carbocycles. The monoisotopic (exact) mass is 365 g/mol. The number of hydrogen-bond acceptors (Lipinski definition) is 4. The van der Waals surface area contributed by atoms with Gasteiger partial charge in [-0.15, -0.1) is 21.5 Å². The van der Waals surface area contributed by atoms with Crippen LogP contribution in [0.2, 0.25) is 0 Å². The highest BCUT2D eigenvalue weighted by atomic mass is 32.1. The van der Waals surface area contributed by atoms with E-state index in [4.69, 9.17) is 0 Å². The fourth-order valence-corrected chi connectivity index (χ4v) is 3.78. The highest BCUT2D eigenvalue weighted by molar-refractivity contribution is 7.11. The quantitative estimate of drug-likeness (QED) is 0.688. The van der Waals surface area contributed by atoms with Gasteiger partial charge in [-0.1, -0.05) is 54.6 Å². The molecule has 1 atom stereocenters. The largest absolute Gasteiger partial charge is 0.356 e. The second kappa shape index (κ2) is 8.72. The van der Waals surface area contributed by atoms with Gasteiger partial charge >= 0.3 is 0 Å². The van der Waals surface area contributed by atoms with Crippen molar-refractivity contribution in [1.82, 2.24) is 15.5 Å². The van der Waals surface area contributed by atoms with Crippen molar-refractivity contribution in [2.24, 2.45) is 0 Å². The van der Waals surface area contributed by atoms with Crippen LogP contribution in [0.25, 0.3) is 0 Å². The van der Waals surface area contributed by atoms with E-state index >= 15 is 0 Å². The lowest BCUT2D eigenvalue weighted by molar-refractivity contribution is -0.121.